The minimum Gasteiger partial charge on any atom is -0.322 e. The van der Waals surface area contributed by atoms with Gasteiger partial charge in [0.25, 0.3) is 5.91 Å². The lowest BCUT2D eigenvalue weighted by Crippen LogP contribution is -2.35. The molecule has 0 aromatic heterocycles. The minimum absolute atomic E-state index is 0.230. The summed E-state index contributed by atoms with van der Waals surface area (Å²) in [6, 6.07) is 23.8. The Hall–Kier alpha value is -2.96. The highest BCUT2D eigenvalue weighted by Gasteiger charge is 2.25. The van der Waals surface area contributed by atoms with Crippen molar-refractivity contribution in [2.24, 2.45) is 0 Å². The number of carbonyl (C=O) groups is 1. The standard InChI is InChI=1S/C24H24N2O3S/c27-24(25-22-13-9-20(10-14-22)19-7-3-1-4-8-19)21-11-15-23(16-12-21)30(28,29)26-17-5-2-6-18-26/h1,3-4,7-16H,2,5-6,17-18H2,(H,25,27). The summed E-state index contributed by atoms with van der Waals surface area (Å²) in [5.41, 5.74) is 3.28. The van der Waals surface area contributed by atoms with Gasteiger partial charge in [0.1, 0.15) is 0 Å². The smallest absolute Gasteiger partial charge is 0.255 e. The van der Waals surface area contributed by atoms with Crippen molar-refractivity contribution in [3.63, 3.8) is 0 Å². The van der Waals surface area contributed by atoms with Gasteiger partial charge in [0.2, 0.25) is 10.0 Å². The predicted molar refractivity (Wildman–Crippen MR) is 119 cm³/mol. The highest BCUT2D eigenvalue weighted by atomic mass is 32.2. The third-order valence-corrected chi connectivity index (χ3v) is 7.23. The van der Waals surface area contributed by atoms with Gasteiger partial charge < -0.3 is 5.32 Å². The molecule has 3 aromatic rings. The van der Waals surface area contributed by atoms with Crippen LogP contribution < -0.4 is 5.32 Å². The van der Waals surface area contributed by atoms with Gasteiger partial charge in [-0.25, -0.2) is 8.42 Å². The zero-order chi connectivity index (χ0) is 21.0. The summed E-state index contributed by atoms with van der Waals surface area (Å²) >= 11 is 0. The van der Waals surface area contributed by atoms with Crippen LogP contribution in [0.2, 0.25) is 0 Å². The summed E-state index contributed by atoms with van der Waals surface area (Å²) < 4.78 is 27.0. The minimum atomic E-state index is -3.49. The second-order valence-corrected chi connectivity index (χ2v) is 9.32. The van der Waals surface area contributed by atoms with Crippen molar-refractivity contribution in [1.29, 1.82) is 0 Å². The molecule has 30 heavy (non-hydrogen) atoms. The van der Waals surface area contributed by atoms with Gasteiger partial charge >= 0.3 is 0 Å². The monoisotopic (exact) mass is 420 g/mol. The van der Waals surface area contributed by atoms with Crippen LogP contribution in [0.1, 0.15) is 29.6 Å². The lowest BCUT2D eigenvalue weighted by atomic mass is 10.1. The van der Waals surface area contributed by atoms with Crippen molar-refractivity contribution in [1.82, 2.24) is 4.31 Å². The van der Waals surface area contributed by atoms with Crippen LogP contribution in [-0.4, -0.2) is 31.7 Å². The third kappa shape index (κ3) is 4.45. The second kappa shape index (κ2) is 8.81. The maximum atomic E-state index is 12.7. The van der Waals surface area contributed by atoms with E-state index in [-0.39, 0.29) is 10.8 Å². The van der Waals surface area contributed by atoms with E-state index >= 15 is 0 Å². The summed E-state index contributed by atoms with van der Waals surface area (Å²) in [5.74, 6) is -0.274. The average Bonchev–Trinajstić information content (AvgIpc) is 2.81. The molecule has 0 bridgehead atoms. The Morgan fingerprint density at radius 1 is 0.733 bits per heavy atom. The average molecular weight is 421 g/mol. The Bertz CT molecular complexity index is 1100. The molecule has 0 unspecified atom stereocenters. The first-order valence-electron chi connectivity index (χ1n) is 10.1. The molecule has 6 heteroatoms. The molecule has 154 valence electrons. The van der Waals surface area contributed by atoms with E-state index in [1.807, 2.05) is 54.6 Å². The van der Waals surface area contributed by atoms with Crippen LogP contribution in [0, 0.1) is 0 Å². The first-order valence-corrected chi connectivity index (χ1v) is 11.6. The van der Waals surface area contributed by atoms with E-state index in [1.165, 1.54) is 16.4 Å². The molecule has 1 aliphatic heterocycles. The van der Waals surface area contributed by atoms with Crippen LogP contribution in [0.3, 0.4) is 0 Å². The van der Waals surface area contributed by atoms with Gasteiger partial charge in [0.15, 0.2) is 0 Å². The van der Waals surface area contributed by atoms with Gasteiger partial charge in [-0.2, -0.15) is 4.31 Å². The Labute approximate surface area is 177 Å². The molecule has 1 N–H and O–H groups in total. The number of hydrogen-bond acceptors (Lipinski definition) is 3. The third-order valence-electron chi connectivity index (χ3n) is 5.32. The highest BCUT2D eigenvalue weighted by Crippen LogP contribution is 2.23. The van der Waals surface area contributed by atoms with Crippen LogP contribution in [0.4, 0.5) is 5.69 Å². The van der Waals surface area contributed by atoms with Crippen molar-refractivity contribution in [3.05, 3.63) is 84.4 Å². The molecular weight excluding hydrogens is 396 g/mol. The molecule has 0 atom stereocenters. The molecule has 0 aliphatic carbocycles. The van der Waals surface area contributed by atoms with Crippen molar-refractivity contribution in [2.75, 3.05) is 18.4 Å². The zero-order valence-corrected chi connectivity index (χ0v) is 17.4. The van der Waals surface area contributed by atoms with E-state index in [2.05, 4.69) is 5.32 Å². The number of nitrogens with zero attached hydrogens (tertiary/aromatic N) is 1. The quantitative estimate of drug-likeness (QED) is 0.646. The summed E-state index contributed by atoms with van der Waals surface area (Å²) in [5, 5.41) is 2.86. The molecule has 1 aliphatic rings. The van der Waals surface area contributed by atoms with Crippen molar-refractivity contribution in [2.45, 2.75) is 24.2 Å². The summed E-state index contributed by atoms with van der Waals surface area (Å²) in [7, 11) is -3.49. The predicted octanol–water partition coefficient (Wildman–Crippen LogP) is 4.78. The topological polar surface area (TPSA) is 66.5 Å². The highest BCUT2D eigenvalue weighted by molar-refractivity contribution is 7.89. The molecule has 0 spiro atoms. The number of rotatable bonds is 5. The van der Waals surface area contributed by atoms with E-state index in [0.717, 1.165) is 30.4 Å². The molecule has 0 radical (unpaired) electrons. The number of nitrogens with one attached hydrogen (secondary N) is 1. The van der Waals surface area contributed by atoms with E-state index in [4.69, 9.17) is 0 Å². The van der Waals surface area contributed by atoms with Gasteiger partial charge in [-0.05, 0) is 60.4 Å². The van der Waals surface area contributed by atoms with Gasteiger partial charge in [-0.3, -0.25) is 4.79 Å². The van der Waals surface area contributed by atoms with Crippen LogP contribution in [-0.2, 0) is 10.0 Å². The zero-order valence-electron chi connectivity index (χ0n) is 16.6. The van der Waals surface area contributed by atoms with Crippen LogP contribution >= 0.6 is 0 Å². The largest absolute Gasteiger partial charge is 0.322 e. The maximum absolute atomic E-state index is 12.7. The lowest BCUT2D eigenvalue weighted by molar-refractivity contribution is 0.102. The van der Waals surface area contributed by atoms with Crippen molar-refractivity contribution in [3.8, 4) is 11.1 Å². The number of carbonyl (C=O) groups excluding carboxylic acids is 1. The summed E-state index contributed by atoms with van der Waals surface area (Å²) in [4.78, 5) is 12.8. The van der Waals surface area contributed by atoms with E-state index in [9.17, 15) is 13.2 Å². The Morgan fingerprint density at radius 2 is 1.33 bits per heavy atom. The molecule has 1 heterocycles. The van der Waals surface area contributed by atoms with Crippen LogP contribution in [0.25, 0.3) is 11.1 Å². The molecule has 1 amide bonds. The fourth-order valence-corrected chi connectivity index (χ4v) is 5.13. The Morgan fingerprint density at radius 3 is 1.97 bits per heavy atom. The van der Waals surface area contributed by atoms with Crippen molar-refractivity contribution < 1.29 is 13.2 Å². The first-order chi connectivity index (χ1) is 14.5. The normalized spacial score (nSPS) is 14.9. The lowest BCUT2D eigenvalue weighted by Gasteiger charge is -2.25. The summed E-state index contributed by atoms with van der Waals surface area (Å²) in [6.07, 6.45) is 2.85. The van der Waals surface area contributed by atoms with Crippen molar-refractivity contribution >= 4 is 21.6 Å². The second-order valence-electron chi connectivity index (χ2n) is 7.39. The fraction of sp³-hybridized carbons (Fsp3) is 0.208. The number of hydrogen-bond donors (Lipinski definition) is 1. The SMILES string of the molecule is O=C(Nc1ccc(-c2ccccc2)cc1)c1ccc(S(=O)(=O)N2CCCCC2)cc1. The van der Waals surface area contributed by atoms with E-state index < -0.39 is 10.0 Å². The molecule has 1 saturated heterocycles. The number of anilines is 1. The molecule has 5 nitrogen and oxygen atoms in total. The molecule has 4 rings (SSSR count). The van der Waals surface area contributed by atoms with Gasteiger partial charge in [-0.1, -0.05) is 48.9 Å². The van der Waals surface area contributed by atoms with Gasteiger partial charge in [0, 0.05) is 24.3 Å². The maximum Gasteiger partial charge on any atom is 0.255 e. The number of amides is 1. The van der Waals surface area contributed by atoms with E-state index in [0.29, 0.717) is 24.3 Å². The fourth-order valence-electron chi connectivity index (χ4n) is 3.61. The number of sulfonamides is 1. The van der Waals surface area contributed by atoms with Crippen LogP contribution in [0.5, 0.6) is 0 Å². The van der Waals surface area contributed by atoms with Gasteiger partial charge in [-0.15, -0.1) is 0 Å². The Balaban J connectivity index is 1.44. The van der Waals surface area contributed by atoms with E-state index in [1.54, 1.807) is 12.1 Å². The number of benzene rings is 3. The molecular formula is C24H24N2O3S. The first kappa shape index (κ1) is 20.3. The molecule has 0 saturated carbocycles. The van der Waals surface area contributed by atoms with Gasteiger partial charge in [0.05, 0.1) is 4.90 Å². The summed E-state index contributed by atoms with van der Waals surface area (Å²) in [6.45, 7) is 1.12. The molecule has 1 fully saturated rings. The number of piperidine rings is 1. The van der Waals surface area contributed by atoms with Crippen LogP contribution in [0.15, 0.2) is 83.8 Å². The Kier molecular flexibility index (Phi) is 5.97. The molecule has 3 aromatic carbocycles.